The molecule has 6 nitrogen and oxygen atoms in total. The number of H-pyrrole nitrogens is 1. The van der Waals surface area contributed by atoms with Gasteiger partial charge in [0.05, 0.1) is 22.7 Å². The predicted molar refractivity (Wildman–Crippen MR) is 94.1 cm³/mol. The highest BCUT2D eigenvalue weighted by molar-refractivity contribution is 8.01. The Labute approximate surface area is 142 Å². The number of amides is 2. The number of thioether (sulfide) groups is 1. The van der Waals surface area contributed by atoms with Gasteiger partial charge in [-0.25, -0.2) is 0 Å². The van der Waals surface area contributed by atoms with Crippen LogP contribution in [0.15, 0.2) is 53.6 Å². The predicted octanol–water partition coefficient (Wildman–Crippen LogP) is 3.00. The van der Waals surface area contributed by atoms with Crippen molar-refractivity contribution in [3.63, 3.8) is 0 Å². The van der Waals surface area contributed by atoms with Crippen molar-refractivity contribution in [2.45, 2.75) is 16.6 Å². The fourth-order valence-corrected chi connectivity index (χ4v) is 3.73. The highest BCUT2D eigenvalue weighted by atomic mass is 32.2. The average Bonchev–Trinajstić information content (AvgIpc) is 3.03. The lowest BCUT2D eigenvalue weighted by molar-refractivity contribution is -0.120. The molecule has 0 aliphatic carbocycles. The quantitative estimate of drug-likeness (QED) is 0.685. The Hall–Kier alpha value is -2.80. The monoisotopic (exact) mass is 338 g/mol. The van der Waals surface area contributed by atoms with E-state index in [9.17, 15) is 9.59 Å². The number of aromatic amines is 1. The molecule has 0 saturated carbocycles. The lowest BCUT2D eigenvalue weighted by Gasteiger charge is -2.23. The van der Waals surface area contributed by atoms with Gasteiger partial charge >= 0.3 is 0 Å². The Morgan fingerprint density at radius 3 is 3.04 bits per heavy atom. The van der Waals surface area contributed by atoms with Crippen molar-refractivity contribution in [2.75, 3.05) is 10.6 Å². The molecule has 2 heterocycles. The molecule has 1 aliphatic heterocycles. The molecule has 0 fully saturated rings. The summed E-state index contributed by atoms with van der Waals surface area (Å²) >= 11 is 1.42. The zero-order chi connectivity index (χ0) is 16.5. The van der Waals surface area contributed by atoms with E-state index in [-0.39, 0.29) is 18.2 Å². The zero-order valence-corrected chi connectivity index (χ0v) is 13.4. The number of nitrogens with one attached hydrogen (secondary N) is 3. The van der Waals surface area contributed by atoms with Crippen LogP contribution in [-0.4, -0.2) is 27.3 Å². The second-order valence-corrected chi connectivity index (χ2v) is 6.76. The maximum atomic E-state index is 12.3. The van der Waals surface area contributed by atoms with Crippen LogP contribution in [0.1, 0.15) is 6.42 Å². The van der Waals surface area contributed by atoms with E-state index in [0.717, 1.165) is 21.5 Å². The summed E-state index contributed by atoms with van der Waals surface area (Å²) in [6.45, 7) is 0. The van der Waals surface area contributed by atoms with Gasteiger partial charge in [0.1, 0.15) is 0 Å². The van der Waals surface area contributed by atoms with Gasteiger partial charge < -0.3 is 10.6 Å². The number of hydrogen-bond donors (Lipinski definition) is 3. The molecule has 120 valence electrons. The van der Waals surface area contributed by atoms with E-state index in [4.69, 9.17) is 0 Å². The number of hydrogen-bond acceptors (Lipinski definition) is 4. The number of anilines is 2. The van der Waals surface area contributed by atoms with Crippen molar-refractivity contribution >= 4 is 45.9 Å². The van der Waals surface area contributed by atoms with Gasteiger partial charge in [0.25, 0.3) is 0 Å². The number of fused-ring (bicyclic) bond motifs is 2. The van der Waals surface area contributed by atoms with Crippen molar-refractivity contribution in [3.05, 3.63) is 48.7 Å². The normalized spacial score (nSPS) is 16.5. The Bertz CT molecular complexity index is 937. The first-order valence-electron chi connectivity index (χ1n) is 7.48. The molecule has 7 heteroatoms. The van der Waals surface area contributed by atoms with Gasteiger partial charge in [-0.1, -0.05) is 12.1 Å². The number of carbonyl (C=O) groups excluding carboxylic acids is 2. The van der Waals surface area contributed by atoms with E-state index in [1.807, 2.05) is 42.5 Å². The number of benzene rings is 2. The fraction of sp³-hybridized carbons (Fsp3) is 0.118. The number of nitrogens with zero attached hydrogens (tertiary/aromatic N) is 1. The third-order valence-corrected chi connectivity index (χ3v) is 5.08. The van der Waals surface area contributed by atoms with Crippen LogP contribution < -0.4 is 10.6 Å². The topological polar surface area (TPSA) is 86.9 Å². The van der Waals surface area contributed by atoms with Crippen molar-refractivity contribution in [1.82, 2.24) is 10.2 Å². The van der Waals surface area contributed by atoms with E-state index < -0.39 is 5.25 Å². The number of aromatic nitrogens is 2. The van der Waals surface area contributed by atoms with Crippen LogP contribution in [0.25, 0.3) is 10.9 Å². The molecule has 2 aromatic carbocycles. The first-order valence-corrected chi connectivity index (χ1v) is 8.36. The van der Waals surface area contributed by atoms with Gasteiger partial charge in [0, 0.05) is 22.4 Å². The minimum atomic E-state index is -0.434. The van der Waals surface area contributed by atoms with Crippen LogP contribution in [0.5, 0.6) is 0 Å². The Morgan fingerprint density at radius 1 is 1.25 bits per heavy atom. The summed E-state index contributed by atoms with van der Waals surface area (Å²) in [5.74, 6) is -0.334. The lowest BCUT2D eigenvalue weighted by atomic mass is 10.2. The van der Waals surface area contributed by atoms with Gasteiger partial charge in [-0.3, -0.25) is 14.7 Å². The van der Waals surface area contributed by atoms with Gasteiger partial charge in [-0.2, -0.15) is 5.10 Å². The third kappa shape index (κ3) is 2.85. The molecule has 2 amide bonds. The average molecular weight is 338 g/mol. The molecule has 0 radical (unpaired) electrons. The highest BCUT2D eigenvalue weighted by Gasteiger charge is 2.28. The van der Waals surface area contributed by atoms with Crippen LogP contribution in [0, 0.1) is 0 Å². The standard InChI is InChI=1S/C17H14N4O2S/c22-16(19-11-6-5-10-9-18-21-13(10)7-11)8-15-17(23)20-12-3-1-2-4-14(12)24-15/h1-7,9,15H,8H2,(H,18,21)(H,19,22)(H,20,23). The summed E-state index contributed by atoms with van der Waals surface area (Å²) < 4.78 is 0. The van der Waals surface area contributed by atoms with Crippen molar-refractivity contribution in [1.29, 1.82) is 0 Å². The first-order chi connectivity index (χ1) is 11.7. The minimum Gasteiger partial charge on any atom is -0.326 e. The highest BCUT2D eigenvalue weighted by Crippen LogP contribution is 2.36. The molecule has 1 unspecified atom stereocenters. The lowest BCUT2D eigenvalue weighted by Crippen LogP contribution is -2.32. The van der Waals surface area contributed by atoms with E-state index in [2.05, 4.69) is 20.8 Å². The molecule has 3 N–H and O–H groups in total. The summed E-state index contributed by atoms with van der Waals surface area (Å²) in [6.07, 6.45) is 1.84. The number of para-hydroxylation sites is 1. The molecule has 24 heavy (non-hydrogen) atoms. The largest absolute Gasteiger partial charge is 0.326 e. The molecule has 4 rings (SSSR count). The molecule has 3 aromatic rings. The fourth-order valence-electron chi connectivity index (χ4n) is 2.62. The van der Waals surface area contributed by atoms with Gasteiger partial charge in [-0.15, -0.1) is 11.8 Å². The second kappa shape index (κ2) is 6.01. The third-order valence-electron chi connectivity index (χ3n) is 3.80. The zero-order valence-electron chi connectivity index (χ0n) is 12.6. The van der Waals surface area contributed by atoms with E-state index in [0.29, 0.717) is 5.69 Å². The Balaban J connectivity index is 1.45. The molecule has 1 atom stereocenters. The van der Waals surface area contributed by atoms with Crippen LogP contribution in [0.3, 0.4) is 0 Å². The van der Waals surface area contributed by atoms with Crippen molar-refractivity contribution < 1.29 is 9.59 Å². The Kier molecular flexibility index (Phi) is 3.70. The molecule has 0 saturated heterocycles. The van der Waals surface area contributed by atoms with Gasteiger partial charge in [0.2, 0.25) is 11.8 Å². The summed E-state index contributed by atoms with van der Waals surface area (Å²) in [4.78, 5) is 25.4. The van der Waals surface area contributed by atoms with Gasteiger partial charge in [-0.05, 0) is 30.3 Å². The van der Waals surface area contributed by atoms with Crippen LogP contribution >= 0.6 is 11.8 Å². The molecular weight excluding hydrogens is 324 g/mol. The summed E-state index contributed by atoms with van der Waals surface area (Å²) in [7, 11) is 0. The maximum Gasteiger partial charge on any atom is 0.238 e. The van der Waals surface area contributed by atoms with Crippen molar-refractivity contribution in [3.8, 4) is 0 Å². The van der Waals surface area contributed by atoms with Crippen LogP contribution in [0.4, 0.5) is 11.4 Å². The van der Waals surface area contributed by atoms with Crippen molar-refractivity contribution in [2.24, 2.45) is 0 Å². The number of rotatable bonds is 3. The first kappa shape index (κ1) is 14.8. The molecule has 0 bridgehead atoms. The molecule has 1 aliphatic rings. The molecule has 0 spiro atoms. The molecule has 1 aromatic heterocycles. The summed E-state index contributed by atoms with van der Waals surface area (Å²) in [5, 5.41) is 13.0. The van der Waals surface area contributed by atoms with E-state index in [1.54, 1.807) is 6.20 Å². The van der Waals surface area contributed by atoms with Crippen LogP contribution in [-0.2, 0) is 9.59 Å². The van der Waals surface area contributed by atoms with Crippen LogP contribution in [0.2, 0.25) is 0 Å². The molecular formula is C17H14N4O2S. The van der Waals surface area contributed by atoms with E-state index in [1.165, 1.54) is 11.8 Å². The second-order valence-electron chi connectivity index (χ2n) is 5.52. The summed E-state index contributed by atoms with van der Waals surface area (Å²) in [5.41, 5.74) is 2.33. The maximum absolute atomic E-state index is 12.3. The van der Waals surface area contributed by atoms with Gasteiger partial charge in [0.15, 0.2) is 0 Å². The summed E-state index contributed by atoms with van der Waals surface area (Å²) in [6, 6.07) is 13.1. The SMILES string of the molecule is O=C(CC1Sc2ccccc2NC1=O)Nc1ccc2cn[nH]c2c1. The van der Waals surface area contributed by atoms with E-state index >= 15 is 0 Å². The Morgan fingerprint density at radius 2 is 2.12 bits per heavy atom. The number of carbonyl (C=O) groups is 2. The smallest absolute Gasteiger partial charge is 0.238 e. The minimum absolute atomic E-state index is 0.117.